The second-order valence-corrected chi connectivity index (χ2v) is 6.45. The number of piperidine rings is 1. The number of hydrogen-bond donors (Lipinski definition) is 1. The summed E-state index contributed by atoms with van der Waals surface area (Å²) in [6.07, 6.45) is 2.74. The fraction of sp³-hybridized carbons (Fsp3) is 0.529. The summed E-state index contributed by atoms with van der Waals surface area (Å²) in [6.45, 7) is 3.09. The number of carbonyl (C=O) groups excluding carboxylic acids is 2. The van der Waals surface area contributed by atoms with Gasteiger partial charge in [0.15, 0.2) is 0 Å². The first-order valence-corrected chi connectivity index (χ1v) is 8.14. The summed E-state index contributed by atoms with van der Waals surface area (Å²) >= 11 is 0. The quantitative estimate of drug-likeness (QED) is 0.905. The summed E-state index contributed by atoms with van der Waals surface area (Å²) in [6, 6.07) is 4.41. The number of anilines is 1. The van der Waals surface area contributed by atoms with Gasteiger partial charge in [0.05, 0.1) is 5.56 Å². The number of hydrogen-bond acceptors (Lipinski definition) is 3. The lowest BCUT2D eigenvalue weighted by Gasteiger charge is -2.36. The van der Waals surface area contributed by atoms with Crippen molar-refractivity contribution in [3.8, 4) is 0 Å². The fourth-order valence-electron chi connectivity index (χ4n) is 3.43. The molecule has 1 aromatic carbocycles. The van der Waals surface area contributed by atoms with Crippen LogP contribution in [-0.4, -0.2) is 41.9 Å². The van der Waals surface area contributed by atoms with Gasteiger partial charge in [-0.25, -0.2) is 4.39 Å². The van der Waals surface area contributed by atoms with Crippen molar-refractivity contribution in [3.63, 3.8) is 0 Å². The molecule has 0 aliphatic carbocycles. The van der Waals surface area contributed by atoms with E-state index in [0.717, 1.165) is 19.3 Å². The maximum absolute atomic E-state index is 14.2. The van der Waals surface area contributed by atoms with Crippen molar-refractivity contribution in [1.29, 1.82) is 0 Å². The molecule has 0 unspecified atom stereocenters. The number of nitrogens with two attached hydrogens (primary N) is 1. The topological polar surface area (TPSA) is 66.6 Å². The number of nitrogens with zero attached hydrogens (tertiary/aromatic N) is 2. The Balaban J connectivity index is 1.86. The second-order valence-electron chi connectivity index (χ2n) is 6.45. The molecule has 23 heavy (non-hydrogen) atoms. The second kappa shape index (κ2) is 6.28. The van der Waals surface area contributed by atoms with Crippen LogP contribution in [0.25, 0.3) is 0 Å². The molecule has 5 nitrogen and oxygen atoms in total. The van der Waals surface area contributed by atoms with Crippen LogP contribution in [0.15, 0.2) is 18.2 Å². The molecule has 0 bridgehead atoms. The molecule has 2 aliphatic heterocycles. The van der Waals surface area contributed by atoms with E-state index in [1.807, 2.05) is 6.92 Å². The summed E-state index contributed by atoms with van der Waals surface area (Å²) in [7, 11) is 0. The van der Waals surface area contributed by atoms with E-state index in [-0.39, 0.29) is 29.5 Å². The lowest BCUT2D eigenvalue weighted by molar-refractivity contribution is -0.117. The molecular formula is C17H22FN3O2. The van der Waals surface area contributed by atoms with Crippen LogP contribution in [0, 0.1) is 5.82 Å². The monoisotopic (exact) mass is 319 g/mol. The van der Waals surface area contributed by atoms with Gasteiger partial charge in [-0.05, 0) is 44.4 Å². The Labute approximate surface area is 135 Å². The van der Waals surface area contributed by atoms with Gasteiger partial charge in [0.25, 0.3) is 5.91 Å². The first kappa shape index (κ1) is 15.9. The van der Waals surface area contributed by atoms with Crippen LogP contribution < -0.4 is 10.6 Å². The van der Waals surface area contributed by atoms with E-state index in [2.05, 4.69) is 0 Å². The van der Waals surface area contributed by atoms with Crippen LogP contribution >= 0.6 is 0 Å². The van der Waals surface area contributed by atoms with Gasteiger partial charge < -0.3 is 15.5 Å². The highest BCUT2D eigenvalue weighted by Gasteiger charge is 2.30. The summed E-state index contributed by atoms with van der Waals surface area (Å²) in [4.78, 5) is 27.9. The number of likely N-dealkylation sites (tertiary alicyclic amines) is 1. The van der Waals surface area contributed by atoms with Crippen LogP contribution in [0.3, 0.4) is 0 Å². The zero-order valence-electron chi connectivity index (χ0n) is 13.3. The number of carbonyl (C=O) groups is 2. The molecule has 2 aliphatic rings. The normalized spacial score (nSPS) is 25.1. The minimum Gasteiger partial charge on any atom is -0.336 e. The number of halogens is 1. The molecule has 0 radical (unpaired) electrons. The van der Waals surface area contributed by atoms with Crippen LogP contribution in [0.4, 0.5) is 10.1 Å². The summed E-state index contributed by atoms with van der Waals surface area (Å²) < 4.78 is 14.2. The predicted octanol–water partition coefficient (Wildman–Crippen LogP) is 1.90. The Hall–Kier alpha value is -1.95. The lowest BCUT2D eigenvalue weighted by atomic mass is 9.98. The van der Waals surface area contributed by atoms with E-state index in [1.54, 1.807) is 15.9 Å². The van der Waals surface area contributed by atoms with Gasteiger partial charge in [0.1, 0.15) is 5.82 Å². The van der Waals surface area contributed by atoms with Crippen LogP contribution in [-0.2, 0) is 4.79 Å². The molecule has 1 aromatic rings. The third-order valence-electron chi connectivity index (χ3n) is 4.74. The van der Waals surface area contributed by atoms with Gasteiger partial charge in [-0.1, -0.05) is 0 Å². The van der Waals surface area contributed by atoms with Gasteiger partial charge in [-0.2, -0.15) is 0 Å². The van der Waals surface area contributed by atoms with Gasteiger partial charge in [0, 0.05) is 37.3 Å². The SMILES string of the molecule is C[C@H]1C[C@H](N)CCN1C(=O)c1cc(N2CCCC2=O)ccc1F. The van der Waals surface area contributed by atoms with E-state index >= 15 is 0 Å². The molecule has 124 valence electrons. The van der Waals surface area contributed by atoms with Crippen LogP contribution in [0.5, 0.6) is 0 Å². The molecule has 2 saturated heterocycles. The lowest BCUT2D eigenvalue weighted by Crippen LogP contribution is -2.48. The Morgan fingerprint density at radius 3 is 2.78 bits per heavy atom. The Bertz CT molecular complexity index is 634. The standard InChI is InChI=1S/C17H22FN3O2/c1-11-9-12(19)6-8-20(11)17(23)14-10-13(4-5-15(14)18)21-7-2-3-16(21)22/h4-5,10-12H,2-3,6-9,19H2,1H3/t11-,12+/m0/s1. The van der Waals surface area contributed by atoms with E-state index in [4.69, 9.17) is 5.73 Å². The molecule has 3 rings (SSSR count). The smallest absolute Gasteiger partial charge is 0.257 e. The maximum Gasteiger partial charge on any atom is 0.257 e. The number of amides is 2. The van der Waals surface area contributed by atoms with Gasteiger partial charge in [-0.3, -0.25) is 9.59 Å². The molecular weight excluding hydrogens is 297 g/mol. The van der Waals surface area contributed by atoms with Crippen molar-refractivity contribution in [2.75, 3.05) is 18.0 Å². The highest BCUT2D eigenvalue weighted by atomic mass is 19.1. The van der Waals surface area contributed by atoms with Crippen molar-refractivity contribution in [1.82, 2.24) is 4.90 Å². The van der Waals surface area contributed by atoms with Crippen molar-refractivity contribution in [3.05, 3.63) is 29.6 Å². The van der Waals surface area contributed by atoms with Gasteiger partial charge >= 0.3 is 0 Å². The Morgan fingerprint density at radius 2 is 2.13 bits per heavy atom. The van der Waals surface area contributed by atoms with Crippen LogP contribution in [0.2, 0.25) is 0 Å². The molecule has 0 aromatic heterocycles. The fourth-order valence-corrected chi connectivity index (χ4v) is 3.43. The molecule has 2 N–H and O–H groups in total. The van der Waals surface area contributed by atoms with Crippen molar-refractivity contribution in [2.45, 2.75) is 44.7 Å². The summed E-state index contributed by atoms with van der Waals surface area (Å²) in [5.74, 6) is -0.852. The number of benzene rings is 1. The first-order valence-electron chi connectivity index (χ1n) is 8.14. The molecule has 2 fully saturated rings. The van der Waals surface area contributed by atoms with E-state index in [0.29, 0.717) is 25.2 Å². The molecule has 2 amide bonds. The highest BCUT2D eigenvalue weighted by Crippen LogP contribution is 2.26. The van der Waals surface area contributed by atoms with E-state index in [1.165, 1.54) is 12.1 Å². The first-order chi connectivity index (χ1) is 11.0. The molecule has 0 spiro atoms. The molecule has 6 heteroatoms. The minimum atomic E-state index is -0.549. The number of rotatable bonds is 2. The average molecular weight is 319 g/mol. The van der Waals surface area contributed by atoms with Crippen molar-refractivity contribution >= 4 is 17.5 Å². The minimum absolute atomic E-state index is 0.0114. The van der Waals surface area contributed by atoms with E-state index < -0.39 is 5.82 Å². The molecule has 0 saturated carbocycles. The maximum atomic E-state index is 14.2. The van der Waals surface area contributed by atoms with Gasteiger partial charge in [-0.15, -0.1) is 0 Å². The van der Waals surface area contributed by atoms with Crippen molar-refractivity contribution < 1.29 is 14.0 Å². The van der Waals surface area contributed by atoms with E-state index in [9.17, 15) is 14.0 Å². The Morgan fingerprint density at radius 1 is 1.35 bits per heavy atom. The third kappa shape index (κ3) is 3.08. The third-order valence-corrected chi connectivity index (χ3v) is 4.74. The summed E-state index contributed by atoms with van der Waals surface area (Å²) in [5, 5.41) is 0. The highest BCUT2D eigenvalue weighted by molar-refractivity contribution is 5.99. The summed E-state index contributed by atoms with van der Waals surface area (Å²) in [5.41, 5.74) is 6.55. The zero-order valence-corrected chi connectivity index (χ0v) is 13.3. The largest absolute Gasteiger partial charge is 0.336 e. The predicted molar refractivity (Wildman–Crippen MR) is 85.7 cm³/mol. The average Bonchev–Trinajstić information content (AvgIpc) is 2.93. The van der Waals surface area contributed by atoms with Crippen molar-refractivity contribution in [2.24, 2.45) is 5.73 Å². The molecule has 2 heterocycles. The Kier molecular flexibility index (Phi) is 4.35. The van der Waals surface area contributed by atoms with Gasteiger partial charge in [0.2, 0.25) is 5.91 Å². The molecule has 2 atom stereocenters. The zero-order chi connectivity index (χ0) is 16.6. The van der Waals surface area contributed by atoms with Crippen LogP contribution in [0.1, 0.15) is 43.0 Å².